The number of aryl methyl sites for hydroxylation is 1. The molecule has 0 aliphatic carbocycles. The number of benzene rings is 1. The van der Waals surface area contributed by atoms with E-state index in [1.54, 1.807) is 7.11 Å². The van der Waals surface area contributed by atoms with Gasteiger partial charge < -0.3 is 4.74 Å². The van der Waals surface area contributed by atoms with Gasteiger partial charge in [-0.3, -0.25) is 4.90 Å². The summed E-state index contributed by atoms with van der Waals surface area (Å²) in [5, 5.41) is 0. The Hall–Kier alpha value is -0.380. The van der Waals surface area contributed by atoms with Crippen molar-refractivity contribution in [2.24, 2.45) is 0 Å². The van der Waals surface area contributed by atoms with Crippen molar-refractivity contribution in [3.63, 3.8) is 0 Å². The fourth-order valence-electron chi connectivity index (χ4n) is 2.29. The first-order chi connectivity index (χ1) is 7.67. The first kappa shape index (κ1) is 12.1. The molecule has 0 N–H and O–H groups in total. The maximum absolute atomic E-state index is 5.38. The smallest absolute Gasteiger partial charge is 0.0710 e. The standard InChI is InChI=1S/C13H18BrNO/c1-10-5-11(7-12(14)6-10)8-15-4-3-13(9-15)16-2/h5-7,13H,3-4,8-9H2,1-2H3/t13-/m1/s1. The van der Waals surface area contributed by atoms with E-state index in [9.17, 15) is 0 Å². The zero-order chi connectivity index (χ0) is 11.5. The molecule has 0 amide bonds. The van der Waals surface area contributed by atoms with E-state index in [0.717, 1.165) is 26.1 Å². The molecular formula is C13H18BrNO. The van der Waals surface area contributed by atoms with Crippen LogP contribution in [-0.2, 0) is 11.3 Å². The molecule has 1 aliphatic heterocycles. The van der Waals surface area contributed by atoms with E-state index in [4.69, 9.17) is 4.74 Å². The van der Waals surface area contributed by atoms with Crippen LogP contribution in [0.3, 0.4) is 0 Å². The minimum atomic E-state index is 0.424. The lowest BCUT2D eigenvalue weighted by atomic mass is 10.1. The van der Waals surface area contributed by atoms with Gasteiger partial charge in [-0.25, -0.2) is 0 Å². The number of rotatable bonds is 3. The lowest BCUT2D eigenvalue weighted by Gasteiger charge is -2.16. The van der Waals surface area contributed by atoms with Crippen LogP contribution in [0.4, 0.5) is 0 Å². The zero-order valence-electron chi connectivity index (χ0n) is 9.87. The zero-order valence-corrected chi connectivity index (χ0v) is 11.5. The van der Waals surface area contributed by atoms with Crippen molar-refractivity contribution in [1.82, 2.24) is 4.90 Å². The van der Waals surface area contributed by atoms with E-state index in [0.29, 0.717) is 6.10 Å². The Bertz CT molecular complexity index is 347. The van der Waals surface area contributed by atoms with Gasteiger partial charge in [0.25, 0.3) is 0 Å². The summed E-state index contributed by atoms with van der Waals surface area (Å²) in [6.45, 7) is 5.36. The van der Waals surface area contributed by atoms with Crippen LogP contribution in [-0.4, -0.2) is 31.2 Å². The molecule has 0 unspecified atom stereocenters. The normalized spacial score (nSPS) is 21.6. The lowest BCUT2D eigenvalue weighted by Crippen LogP contribution is -2.22. The molecule has 1 heterocycles. The Balaban J connectivity index is 1.99. The van der Waals surface area contributed by atoms with Crippen molar-refractivity contribution in [1.29, 1.82) is 0 Å². The summed E-state index contributed by atoms with van der Waals surface area (Å²) < 4.78 is 6.55. The second-order valence-electron chi connectivity index (χ2n) is 4.52. The minimum absolute atomic E-state index is 0.424. The summed E-state index contributed by atoms with van der Waals surface area (Å²) in [4.78, 5) is 2.45. The van der Waals surface area contributed by atoms with Crippen molar-refractivity contribution < 1.29 is 4.74 Å². The molecule has 1 aliphatic rings. The summed E-state index contributed by atoms with van der Waals surface area (Å²) >= 11 is 3.54. The van der Waals surface area contributed by atoms with Crippen molar-refractivity contribution in [3.8, 4) is 0 Å². The van der Waals surface area contributed by atoms with Gasteiger partial charge in [0.1, 0.15) is 0 Å². The van der Waals surface area contributed by atoms with Gasteiger partial charge in [-0.05, 0) is 36.6 Å². The molecule has 3 heteroatoms. The first-order valence-electron chi connectivity index (χ1n) is 5.68. The number of halogens is 1. The van der Waals surface area contributed by atoms with Crippen molar-refractivity contribution in [2.45, 2.75) is 26.0 Å². The Morgan fingerprint density at radius 2 is 2.25 bits per heavy atom. The number of hydrogen-bond donors (Lipinski definition) is 0. The van der Waals surface area contributed by atoms with E-state index < -0.39 is 0 Å². The van der Waals surface area contributed by atoms with Gasteiger partial charge in [-0.15, -0.1) is 0 Å². The molecule has 0 saturated carbocycles. The summed E-state index contributed by atoms with van der Waals surface area (Å²) in [6, 6.07) is 6.60. The molecule has 1 atom stereocenters. The number of hydrogen-bond acceptors (Lipinski definition) is 2. The lowest BCUT2D eigenvalue weighted by molar-refractivity contribution is 0.107. The summed E-state index contributed by atoms with van der Waals surface area (Å²) in [5.41, 5.74) is 2.69. The fourth-order valence-corrected chi connectivity index (χ4v) is 2.95. The molecule has 2 rings (SSSR count). The molecule has 0 spiro atoms. The van der Waals surface area contributed by atoms with Crippen LogP contribution in [0.15, 0.2) is 22.7 Å². The molecule has 0 bridgehead atoms. The van der Waals surface area contributed by atoms with E-state index in [1.807, 2.05) is 0 Å². The highest BCUT2D eigenvalue weighted by molar-refractivity contribution is 9.10. The summed E-state index contributed by atoms with van der Waals surface area (Å²) in [5.74, 6) is 0. The van der Waals surface area contributed by atoms with Crippen LogP contribution in [0.2, 0.25) is 0 Å². The summed E-state index contributed by atoms with van der Waals surface area (Å²) in [6.07, 6.45) is 1.58. The van der Waals surface area contributed by atoms with Gasteiger partial charge in [0.15, 0.2) is 0 Å². The van der Waals surface area contributed by atoms with Crippen LogP contribution in [0.25, 0.3) is 0 Å². The molecule has 2 nitrogen and oxygen atoms in total. The predicted molar refractivity (Wildman–Crippen MR) is 69.6 cm³/mol. The quantitative estimate of drug-likeness (QED) is 0.846. The predicted octanol–water partition coefficient (Wildman–Crippen LogP) is 2.98. The summed E-state index contributed by atoms with van der Waals surface area (Å²) in [7, 11) is 1.80. The van der Waals surface area contributed by atoms with E-state index in [1.165, 1.54) is 15.6 Å². The number of methoxy groups -OCH3 is 1. The fraction of sp³-hybridized carbons (Fsp3) is 0.538. The van der Waals surface area contributed by atoms with Crippen molar-refractivity contribution in [2.75, 3.05) is 20.2 Å². The Morgan fingerprint density at radius 1 is 1.44 bits per heavy atom. The molecule has 1 fully saturated rings. The Labute approximate surface area is 106 Å². The van der Waals surface area contributed by atoms with E-state index in [-0.39, 0.29) is 0 Å². The van der Waals surface area contributed by atoms with Gasteiger partial charge in [0, 0.05) is 31.2 Å². The third-order valence-corrected chi connectivity index (χ3v) is 3.53. The second-order valence-corrected chi connectivity index (χ2v) is 5.43. The third-order valence-electron chi connectivity index (χ3n) is 3.07. The van der Waals surface area contributed by atoms with Gasteiger partial charge in [-0.2, -0.15) is 0 Å². The van der Waals surface area contributed by atoms with E-state index in [2.05, 4.69) is 46.0 Å². The van der Waals surface area contributed by atoms with Gasteiger partial charge >= 0.3 is 0 Å². The van der Waals surface area contributed by atoms with Crippen molar-refractivity contribution in [3.05, 3.63) is 33.8 Å². The Kier molecular flexibility index (Phi) is 4.00. The maximum atomic E-state index is 5.38. The molecule has 1 aromatic rings. The van der Waals surface area contributed by atoms with Gasteiger partial charge in [0.05, 0.1) is 6.10 Å². The number of nitrogens with zero attached hydrogens (tertiary/aromatic N) is 1. The van der Waals surface area contributed by atoms with Gasteiger partial charge in [-0.1, -0.05) is 22.0 Å². The van der Waals surface area contributed by atoms with Crippen molar-refractivity contribution >= 4 is 15.9 Å². The second kappa shape index (κ2) is 5.30. The average molecular weight is 284 g/mol. The third kappa shape index (κ3) is 3.06. The molecule has 1 aromatic carbocycles. The average Bonchev–Trinajstić information content (AvgIpc) is 2.64. The molecule has 1 saturated heterocycles. The number of ether oxygens (including phenoxy) is 1. The molecule has 16 heavy (non-hydrogen) atoms. The van der Waals surface area contributed by atoms with Crippen LogP contribution in [0.1, 0.15) is 17.5 Å². The highest BCUT2D eigenvalue weighted by Crippen LogP contribution is 2.19. The van der Waals surface area contributed by atoms with Crippen LogP contribution in [0.5, 0.6) is 0 Å². The first-order valence-corrected chi connectivity index (χ1v) is 6.48. The maximum Gasteiger partial charge on any atom is 0.0710 e. The molecule has 0 radical (unpaired) electrons. The highest BCUT2D eigenvalue weighted by Gasteiger charge is 2.21. The highest BCUT2D eigenvalue weighted by atomic mass is 79.9. The van der Waals surface area contributed by atoms with E-state index >= 15 is 0 Å². The topological polar surface area (TPSA) is 12.5 Å². The van der Waals surface area contributed by atoms with Crippen LogP contribution in [0, 0.1) is 6.92 Å². The SMILES string of the molecule is CO[C@@H]1CCN(Cc2cc(C)cc(Br)c2)C1. The Morgan fingerprint density at radius 3 is 2.88 bits per heavy atom. The number of likely N-dealkylation sites (tertiary alicyclic amines) is 1. The molecular weight excluding hydrogens is 266 g/mol. The monoisotopic (exact) mass is 283 g/mol. The largest absolute Gasteiger partial charge is 0.380 e. The molecule has 88 valence electrons. The van der Waals surface area contributed by atoms with Gasteiger partial charge in [0.2, 0.25) is 0 Å². The molecule has 0 aromatic heterocycles. The van der Waals surface area contributed by atoms with Crippen LogP contribution < -0.4 is 0 Å². The minimum Gasteiger partial charge on any atom is -0.380 e. The van der Waals surface area contributed by atoms with Crippen LogP contribution >= 0.6 is 15.9 Å².